The molecule has 1 N–H and O–H groups in total. The van der Waals surface area contributed by atoms with E-state index < -0.39 is 5.91 Å². The minimum Gasteiger partial charge on any atom is -0.487 e. The van der Waals surface area contributed by atoms with Crippen molar-refractivity contribution in [2.24, 2.45) is 5.10 Å². The lowest BCUT2D eigenvalue weighted by molar-refractivity contribution is 0.0929. The number of hydrazone groups is 1. The van der Waals surface area contributed by atoms with Crippen LogP contribution in [0.2, 0.25) is 0 Å². The summed E-state index contributed by atoms with van der Waals surface area (Å²) < 4.78 is 14.3. The second-order valence-corrected chi connectivity index (χ2v) is 10.1. The molecule has 0 bridgehead atoms. The monoisotopic (exact) mass is 725 g/mol. The van der Waals surface area contributed by atoms with E-state index in [1.54, 1.807) is 24.4 Å². The summed E-state index contributed by atoms with van der Waals surface area (Å²) >= 11 is 7.79. The van der Waals surface area contributed by atoms with Crippen LogP contribution in [-0.2, 0) is 6.61 Å². The fourth-order valence-corrected chi connectivity index (χ4v) is 5.55. The molecule has 1 amide bonds. The average molecular weight is 726 g/mol. The Balaban J connectivity index is 1.43. The number of ether oxygens (including phenoxy) is 1. The van der Waals surface area contributed by atoms with Gasteiger partial charge < -0.3 is 9.15 Å². The van der Waals surface area contributed by atoms with E-state index in [-0.39, 0.29) is 5.76 Å². The van der Waals surface area contributed by atoms with Crippen LogP contribution >= 0.6 is 61.1 Å². The Labute approximate surface area is 225 Å². The van der Waals surface area contributed by atoms with Crippen molar-refractivity contribution in [2.75, 3.05) is 0 Å². The minimum absolute atomic E-state index is 0.186. The Morgan fingerprint density at radius 1 is 1.15 bits per heavy atom. The molecule has 4 aromatic rings. The highest BCUT2D eigenvalue weighted by Gasteiger charge is 2.13. The van der Waals surface area contributed by atoms with Gasteiger partial charge in [-0.25, -0.2) is 5.43 Å². The van der Waals surface area contributed by atoms with Crippen molar-refractivity contribution in [1.29, 1.82) is 5.26 Å². The fourth-order valence-electron chi connectivity index (χ4n) is 3.04. The van der Waals surface area contributed by atoms with Crippen LogP contribution in [0, 0.1) is 18.5 Å². The molecule has 0 saturated heterocycles. The molecule has 0 radical (unpaired) electrons. The van der Waals surface area contributed by atoms with Gasteiger partial charge in [0.05, 0.1) is 25.0 Å². The first kappa shape index (κ1) is 23.7. The largest absolute Gasteiger partial charge is 0.487 e. The molecule has 0 aliphatic carbocycles. The van der Waals surface area contributed by atoms with E-state index in [1.807, 2.05) is 42.5 Å². The number of hydrogen-bond acceptors (Lipinski definition) is 5. The molecule has 0 saturated carbocycles. The minimum atomic E-state index is -0.431. The molecule has 6 nitrogen and oxygen atoms in total. The van der Waals surface area contributed by atoms with Crippen LogP contribution in [-0.4, -0.2) is 12.1 Å². The zero-order chi connectivity index (χ0) is 23.4. The SMILES string of the molecule is N#Cc1ccccc1COc1c(I)cc(/C=N/NC(=O)c2cc3cc(Br)ccc3o2)cc1I. The van der Waals surface area contributed by atoms with Crippen molar-refractivity contribution < 1.29 is 13.9 Å². The lowest BCUT2D eigenvalue weighted by Crippen LogP contribution is -2.16. The van der Waals surface area contributed by atoms with Crippen molar-refractivity contribution in [3.05, 3.63) is 94.7 Å². The second kappa shape index (κ2) is 10.7. The smallest absolute Gasteiger partial charge is 0.307 e. The standard InChI is InChI=1S/C24H14BrI2N3O3/c25-18-5-6-21-17(9-18)10-22(33-21)24(31)30-29-12-14-7-19(26)23(20(27)8-14)32-13-16-4-2-1-3-15(16)11-28/h1-10,12H,13H2,(H,30,31)/b29-12+. The molecule has 0 spiro atoms. The summed E-state index contributed by atoms with van der Waals surface area (Å²) in [5.74, 6) is 0.489. The fraction of sp³-hybridized carbons (Fsp3) is 0.0417. The number of carbonyl (C=O) groups is 1. The van der Waals surface area contributed by atoms with E-state index in [9.17, 15) is 10.1 Å². The van der Waals surface area contributed by atoms with Gasteiger partial charge in [0.25, 0.3) is 0 Å². The van der Waals surface area contributed by atoms with E-state index in [0.29, 0.717) is 17.8 Å². The third kappa shape index (κ3) is 5.74. The number of rotatable bonds is 6. The number of carbonyl (C=O) groups excluding carboxylic acids is 1. The number of benzene rings is 3. The van der Waals surface area contributed by atoms with E-state index in [2.05, 4.69) is 77.7 Å². The Bertz CT molecular complexity index is 1400. The molecule has 0 unspecified atom stereocenters. The highest BCUT2D eigenvalue weighted by Crippen LogP contribution is 2.29. The van der Waals surface area contributed by atoms with E-state index in [0.717, 1.165) is 33.9 Å². The van der Waals surface area contributed by atoms with Crippen LogP contribution in [0.3, 0.4) is 0 Å². The Morgan fingerprint density at radius 3 is 2.67 bits per heavy atom. The van der Waals surface area contributed by atoms with Crippen molar-refractivity contribution in [2.45, 2.75) is 6.61 Å². The number of nitriles is 1. The Hall–Kier alpha value is -2.43. The summed E-state index contributed by atoms with van der Waals surface area (Å²) in [4.78, 5) is 12.4. The molecule has 0 atom stereocenters. The summed E-state index contributed by atoms with van der Waals surface area (Å²) in [6.07, 6.45) is 1.57. The van der Waals surface area contributed by atoms with E-state index in [4.69, 9.17) is 9.15 Å². The first-order valence-corrected chi connectivity index (χ1v) is 12.5. The van der Waals surface area contributed by atoms with Gasteiger partial charge in [-0.2, -0.15) is 10.4 Å². The zero-order valence-electron chi connectivity index (χ0n) is 16.8. The summed E-state index contributed by atoms with van der Waals surface area (Å²) in [5, 5.41) is 14.1. The molecule has 1 aromatic heterocycles. The lowest BCUT2D eigenvalue weighted by atomic mass is 10.1. The number of fused-ring (bicyclic) bond motifs is 1. The predicted octanol–water partition coefficient (Wildman–Crippen LogP) is 6.62. The van der Waals surface area contributed by atoms with Crippen LogP contribution in [0.1, 0.15) is 27.2 Å². The van der Waals surface area contributed by atoms with Crippen LogP contribution < -0.4 is 10.2 Å². The maximum atomic E-state index is 12.4. The molecule has 0 aliphatic rings. The maximum absolute atomic E-state index is 12.4. The predicted molar refractivity (Wildman–Crippen MR) is 146 cm³/mol. The maximum Gasteiger partial charge on any atom is 0.307 e. The van der Waals surface area contributed by atoms with Gasteiger partial charge in [-0.3, -0.25) is 4.79 Å². The van der Waals surface area contributed by atoms with Gasteiger partial charge in [-0.15, -0.1) is 0 Å². The summed E-state index contributed by atoms with van der Waals surface area (Å²) in [5.41, 5.74) is 5.36. The molecule has 1 heterocycles. The van der Waals surface area contributed by atoms with Crippen molar-refractivity contribution in [3.63, 3.8) is 0 Å². The topological polar surface area (TPSA) is 87.6 Å². The van der Waals surface area contributed by atoms with Crippen molar-refractivity contribution in [3.8, 4) is 11.8 Å². The number of hydrogen-bond donors (Lipinski definition) is 1. The quantitative estimate of drug-likeness (QED) is 0.138. The van der Waals surface area contributed by atoms with Gasteiger partial charge in [0.2, 0.25) is 0 Å². The van der Waals surface area contributed by atoms with E-state index >= 15 is 0 Å². The van der Waals surface area contributed by atoms with Crippen LogP contribution in [0.4, 0.5) is 0 Å². The summed E-state index contributed by atoms with van der Waals surface area (Å²) in [6.45, 7) is 0.299. The van der Waals surface area contributed by atoms with Gasteiger partial charge >= 0.3 is 5.91 Å². The number of halogens is 3. The molecule has 4 rings (SSSR count). The van der Waals surface area contributed by atoms with Gasteiger partial charge in [-0.1, -0.05) is 34.1 Å². The lowest BCUT2D eigenvalue weighted by Gasteiger charge is -2.12. The normalized spacial score (nSPS) is 11.0. The average Bonchev–Trinajstić information content (AvgIpc) is 3.22. The van der Waals surface area contributed by atoms with Crippen LogP contribution in [0.15, 0.2) is 74.7 Å². The highest BCUT2D eigenvalue weighted by atomic mass is 127. The molecular formula is C24H14BrI2N3O3. The van der Waals surface area contributed by atoms with Crippen LogP contribution in [0.25, 0.3) is 11.0 Å². The summed E-state index contributed by atoms with van der Waals surface area (Å²) in [6, 6.07) is 20.6. The molecule has 33 heavy (non-hydrogen) atoms. The first-order valence-electron chi connectivity index (χ1n) is 9.57. The third-order valence-electron chi connectivity index (χ3n) is 4.61. The molecule has 9 heteroatoms. The first-order chi connectivity index (χ1) is 15.9. The highest BCUT2D eigenvalue weighted by molar-refractivity contribution is 14.1. The van der Waals surface area contributed by atoms with Crippen LogP contribution in [0.5, 0.6) is 5.75 Å². The number of nitrogens with zero attached hydrogens (tertiary/aromatic N) is 2. The molecular weight excluding hydrogens is 712 g/mol. The number of amides is 1. The molecule has 0 fully saturated rings. The van der Waals surface area contributed by atoms with Crippen molar-refractivity contribution in [1.82, 2.24) is 5.43 Å². The third-order valence-corrected chi connectivity index (χ3v) is 6.71. The zero-order valence-corrected chi connectivity index (χ0v) is 22.7. The Morgan fingerprint density at radius 2 is 1.91 bits per heavy atom. The van der Waals surface area contributed by atoms with Crippen molar-refractivity contribution >= 4 is 84.2 Å². The van der Waals surface area contributed by atoms with Gasteiger partial charge in [0, 0.05) is 15.4 Å². The van der Waals surface area contributed by atoms with Gasteiger partial charge in [0.1, 0.15) is 17.9 Å². The second-order valence-electron chi connectivity index (χ2n) is 6.86. The summed E-state index contributed by atoms with van der Waals surface area (Å²) in [7, 11) is 0. The van der Waals surface area contributed by atoms with Gasteiger partial charge in [-0.05, 0) is 93.2 Å². The van der Waals surface area contributed by atoms with Gasteiger partial charge in [0.15, 0.2) is 5.76 Å². The van der Waals surface area contributed by atoms with E-state index in [1.165, 1.54) is 0 Å². The molecule has 164 valence electrons. The number of furan rings is 1. The molecule has 3 aromatic carbocycles. The Kier molecular flexibility index (Phi) is 7.67. The molecule has 0 aliphatic heterocycles. The number of nitrogens with one attached hydrogen (secondary N) is 1.